The Hall–Kier alpha value is -3.68. The number of carbonyl (C=O) groups is 2. The number of benzene rings is 1. The number of fused-ring (bicyclic) bond motifs is 1. The largest absolute Gasteiger partial charge is 0.481 e. The summed E-state index contributed by atoms with van der Waals surface area (Å²) in [6, 6.07) is 10.3. The lowest BCUT2D eigenvalue weighted by atomic mass is 10.2. The van der Waals surface area contributed by atoms with Crippen molar-refractivity contribution in [1.82, 2.24) is 10.4 Å². The lowest BCUT2D eigenvalue weighted by Crippen LogP contribution is -2.35. The molecule has 8 heteroatoms. The van der Waals surface area contributed by atoms with Gasteiger partial charge in [0.05, 0.1) is 0 Å². The molecule has 0 radical (unpaired) electrons. The molecule has 1 aromatic carbocycles. The number of pyridine rings is 1. The summed E-state index contributed by atoms with van der Waals surface area (Å²) in [6.07, 6.45) is 1.64. The molecular formula is C19H17N3O5. The van der Waals surface area contributed by atoms with Crippen molar-refractivity contribution in [2.24, 2.45) is 0 Å². The molecule has 0 aliphatic rings. The number of para-hydroxylation sites is 1. The van der Waals surface area contributed by atoms with Crippen LogP contribution in [-0.2, 0) is 4.79 Å². The number of ketones is 1. The van der Waals surface area contributed by atoms with E-state index in [1.54, 1.807) is 25.3 Å². The highest BCUT2D eigenvalue weighted by molar-refractivity contribution is 5.98. The molecule has 0 spiro atoms. The average molecular weight is 367 g/mol. The van der Waals surface area contributed by atoms with Crippen molar-refractivity contribution >= 4 is 28.5 Å². The molecule has 2 heterocycles. The van der Waals surface area contributed by atoms with Crippen LogP contribution in [0.2, 0.25) is 0 Å². The molecular weight excluding hydrogens is 350 g/mol. The third-order valence-corrected chi connectivity index (χ3v) is 3.69. The van der Waals surface area contributed by atoms with E-state index in [-0.39, 0.29) is 18.1 Å². The maximum atomic E-state index is 12.1. The number of anilines is 1. The van der Waals surface area contributed by atoms with Crippen LogP contribution in [0.25, 0.3) is 10.9 Å². The molecule has 138 valence electrons. The average Bonchev–Trinajstić information content (AvgIpc) is 2.63. The minimum absolute atomic E-state index is 0.118. The Balaban J connectivity index is 1.67. The fourth-order valence-electron chi connectivity index (χ4n) is 2.53. The fraction of sp³-hybridized carbons (Fsp3) is 0.158. The van der Waals surface area contributed by atoms with Crippen LogP contribution in [-0.4, -0.2) is 23.3 Å². The Kier molecular flexibility index (Phi) is 5.16. The monoisotopic (exact) mass is 367 g/mol. The molecule has 2 aromatic heterocycles. The minimum Gasteiger partial charge on any atom is -0.481 e. The smallest absolute Gasteiger partial charge is 0.276 e. The van der Waals surface area contributed by atoms with Crippen molar-refractivity contribution in [1.29, 1.82) is 0 Å². The van der Waals surface area contributed by atoms with Gasteiger partial charge in [-0.3, -0.25) is 30.2 Å². The van der Waals surface area contributed by atoms with Crippen molar-refractivity contribution in [3.63, 3.8) is 0 Å². The number of nitrogens with zero attached hydrogens (tertiary/aromatic N) is 1. The number of aromatic nitrogens is 1. The molecule has 1 amide bonds. The van der Waals surface area contributed by atoms with Crippen molar-refractivity contribution in [3.05, 3.63) is 64.1 Å². The van der Waals surface area contributed by atoms with Crippen molar-refractivity contribution < 1.29 is 18.7 Å². The van der Waals surface area contributed by atoms with Gasteiger partial charge in [-0.15, -0.1) is 0 Å². The van der Waals surface area contributed by atoms with Gasteiger partial charge in [-0.25, -0.2) is 0 Å². The Bertz CT molecular complexity index is 1070. The van der Waals surface area contributed by atoms with E-state index >= 15 is 0 Å². The number of hydrazine groups is 1. The van der Waals surface area contributed by atoms with E-state index in [1.165, 1.54) is 13.0 Å². The molecule has 0 fully saturated rings. The Morgan fingerprint density at radius 1 is 1.22 bits per heavy atom. The predicted molar refractivity (Wildman–Crippen MR) is 98.7 cm³/mol. The molecule has 0 unspecified atom stereocenters. The molecule has 3 aromatic rings. The quantitative estimate of drug-likeness (QED) is 0.508. The first-order chi connectivity index (χ1) is 13.0. The molecule has 0 saturated heterocycles. The predicted octanol–water partition coefficient (Wildman–Crippen LogP) is 2.22. The van der Waals surface area contributed by atoms with Crippen LogP contribution >= 0.6 is 0 Å². The second-order valence-electron chi connectivity index (χ2n) is 5.77. The summed E-state index contributed by atoms with van der Waals surface area (Å²) in [7, 11) is 0. The number of amides is 1. The molecule has 0 atom stereocenters. The van der Waals surface area contributed by atoms with Crippen LogP contribution in [0.5, 0.6) is 5.75 Å². The third-order valence-electron chi connectivity index (χ3n) is 3.69. The van der Waals surface area contributed by atoms with Gasteiger partial charge in [0.25, 0.3) is 5.91 Å². The number of Topliss-reactive ketones (excluding diaryl/α,β-unsaturated/α-hetero) is 1. The van der Waals surface area contributed by atoms with Gasteiger partial charge in [0.1, 0.15) is 22.6 Å². The van der Waals surface area contributed by atoms with E-state index < -0.39 is 17.1 Å². The number of aryl methyl sites for hydroxylation is 1. The number of nitrogens with one attached hydrogen (secondary N) is 2. The van der Waals surface area contributed by atoms with E-state index in [0.29, 0.717) is 17.0 Å². The van der Waals surface area contributed by atoms with Crippen molar-refractivity contribution in [2.75, 3.05) is 12.0 Å². The molecule has 3 rings (SSSR count). The number of rotatable bonds is 6. The molecule has 8 nitrogen and oxygen atoms in total. The van der Waals surface area contributed by atoms with Gasteiger partial charge in [0.15, 0.2) is 17.8 Å². The lowest BCUT2D eigenvalue weighted by molar-refractivity contribution is -0.122. The second-order valence-corrected chi connectivity index (χ2v) is 5.77. The van der Waals surface area contributed by atoms with Gasteiger partial charge in [0, 0.05) is 17.6 Å². The lowest BCUT2D eigenvalue weighted by Gasteiger charge is -2.12. The van der Waals surface area contributed by atoms with E-state index in [9.17, 15) is 14.4 Å². The molecule has 0 aliphatic carbocycles. The Morgan fingerprint density at radius 2 is 2.00 bits per heavy atom. The maximum absolute atomic E-state index is 12.1. The van der Waals surface area contributed by atoms with E-state index in [0.717, 1.165) is 5.39 Å². The standard InChI is InChI=1S/C19H17N3O5/c1-11-9-14(24)17(12(2)23)19(27-11)22-21-16(25)10-26-15-7-3-5-13-6-4-8-20-18(13)15/h3-9,22H,10H2,1-2H3,(H,21,25). The van der Waals surface area contributed by atoms with Gasteiger partial charge in [-0.05, 0) is 26.0 Å². The van der Waals surface area contributed by atoms with E-state index in [2.05, 4.69) is 15.8 Å². The van der Waals surface area contributed by atoms with Gasteiger partial charge in [-0.1, -0.05) is 18.2 Å². The third kappa shape index (κ3) is 4.12. The van der Waals surface area contributed by atoms with Crippen LogP contribution in [0.15, 0.2) is 51.8 Å². The number of carbonyl (C=O) groups excluding carboxylic acids is 2. The van der Waals surface area contributed by atoms with E-state index in [1.807, 2.05) is 18.2 Å². The molecule has 0 aliphatic heterocycles. The summed E-state index contributed by atoms with van der Waals surface area (Å²) in [5.74, 6) is -0.345. The summed E-state index contributed by atoms with van der Waals surface area (Å²) in [6.45, 7) is 2.51. The molecule has 2 N–H and O–H groups in total. The Morgan fingerprint density at radius 3 is 2.78 bits per heavy atom. The first kappa shape index (κ1) is 18.1. The first-order valence-electron chi connectivity index (χ1n) is 8.13. The zero-order chi connectivity index (χ0) is 19.4. The molecule has 0 bridgehead atoms. The molecule has 27 heavy (non-hydrogen) atoms. The number of hydrogen-bond acceptors (Lipinski definition) is 7. The zero-order valence-corrected chi connectivity index (χ0v) is 14.7. The zero-order valence-electron chi connectivity index (χ0n) is 14.7. The maximum Gasteiger partial charge on any atom is 0.276 e. The van der Waals surface area contributed by atoms with Crippen LogP contribution < -0.4 is 21.0 Å². The summed E-state index contributed by atoms with van der Waals surface area (Å²) in [5.41, 5.74) is 4.81. The van der Waals surface area contributed by atoms with Gasteiger partial charge in [0.2, 0.25) is 5.88 Å². The van der Waals surface area contributed by atoms with Crippen LogP contribution in [0.4, 0.5) is 5.88 Å². The van der Waals surface area contributed by atoms with E-state index in [4.69, 9.17) is 9.15 Å². The summed E-state index contributed by atoms with van der Waals surface area (Å²) < 4.78 is 10.8. The van der Waals surface area contributed by atoms with Crippen molar-refractivity contribution in [3.8, 4) is 5.75 Å². The topological polar surface area (TPSA) is 111 Å². The van der Waals surface area contributed by atoms with Gasteiger partial charge < -0.3 is 9.15 Å². The normalized spacial score (nSPS) is 10.4. The highest BCUT2D eigenvalue weighted by Crippen LogP contribution is 2.22. The summed E-state index contributed by atoms with van der Waals surface area (Å²) in [5, 5.41) is 0.890. The SMILES string of the molecule is CC(=O)c1c(NNC(=O)COc2cccc3cccnc23)oc(C)cc1=O. The highest BCUT2D eigenvalue weighted by atomic mass is 16.5. The van der Waals surface area contributed by atoms with Crippen LogP contribution in [0.1, 0.15) is 23.0 Å². The minimum atomic E-state index is -0.526. The van der Waals surface area contributed by atoms with Gasteiger partial charge >= 0.3 is 0 Å². The number of hydrogen-bond donors (Lipinski definition) is 2. The fourth-order valence-corrected chi connectivity index (χ4v) is 2.53. The van der Waals surface area contributed by atoms with Crippen molar-refractivity contribution in [2.45, 2.75) is 13.8 Å². The van der Waals surface area contributed by atoms with Crippen LogP contribution in [0.3, 0.4) is 0 Å². The van der Waals surface area contributed by atoms with Crippen LogP contribution in [0, 0.1) is 6.92 Å². The van der Waals surface area contributed by atoms with Gasteiger partial charge in [-0.2, -0.15) is 0 Å². The number of ether oxygens (including phenoxy) is 1. The summed E-state index contributed by atoms with van der Waals surface area (Å²) >= 11 is 0. The highest BCUT2D eigenvalue weighted by Gasteiger charge is 2.16. The first-order valence-corrected chi connectivity index (χ1v) is 8.13. The summed E-state index contributed by atoms with van der Waals surface area (Å²) in [4.78, 5) is 39.8. The Labute approximate surface area is 154 Å². The second kappa shape index (κ2) is 7.69. The molecule has 0 saturated carbocycles.